The zero-order valence-electron chi connectivity index (χ0n) is 16.0. The number of amides is 1. The summed E-state index contributed by atoms with van der Waals surface area (Å²) in [7, 11) is 0. The van der Waals surface area contributed by atoms with E-state index in [1.54, 1.807) is 4.90 Å². The molecule has 1 aromatic carbocycles. The molecule has 1 heterocycles. The van der Waals surface area contributed by atoms with Crippen LogP contribution in [0.15, 0.2) is 18.2 Å². The third-order valence-corrected chi connectivity index (χ3v) is 5.89. The van der Waals surface area contributed by atoms with E-state index < -0.39 is 18.0 Å². The summed E-state index contributed by atoms with van der Waals surface area (Å²) in [6.07, 6.45) is -1.29. The van der Waals surface area contributed by atoms with E-state index in [2.05, 4.69) is 0 Å². The summed E-state index contributed by atoms with van der Waals surface area (Å²) in [5, 5.41) is 0. The Labute approximate surface area is 158 Å². The number of nitrogens with zero attached hydrogens (tertiary/aromatic N) is 1. The van der Waals surface area contributed by atoms with Crippen LogP contribution in [0, 0.1) is 25.7 Å². The van der Waals surface area contributed by atoms with E-state index in [1.165, 1.54) is 0 Å². The van der Waals surface area contributed by atoms with Gasteiger partial charge in [-0.3, -0.25) is 4.79 Å². The van der Waals surface area contributed by atoms with Crippen LogP contribution >= 0.6 is 0 Å². The van der Waals surface area contributed by atoms with Gasteiger partial charge in [0.2, 0.25) is 5.91 Å². The number of hydrogen-bond donors (Lipinski definition) is 0. The number of piperidine rings is 1. The Hall–Kier alpha value is -1.72. The van der Waals surface area contributed by atoms with Gasteiger partial charge in [0.05, 0.1) is 5.92 Å². The van der Waals surface area contributed by atoms with Gasteiger partial charge in [0, 0.05) is 31.8 Å². The molecule has 2 fully saturated rings. The van der Waals surface area contributed by atoms with Gasteiger partial charge in [-0.15, -0.1) is 0 Å². The number of carbonyl (C=O) groups is 1. The van der Waals surface area contributed by atoms with Crippen molar-refractivity contribution in [3.63, 3.8) is 0 Å². The quantitative estimate of drug-likeness (QED) is 0.732. The van der Waals surface area contributed by atoms with E-state index in [-0.39, 0.29) is 18.4 Å². The number of alkyl halides is 3. The first kappa shape index (κ1) is 20.0. The molecule has 150 valence electrons. The molecule has 3 nitrogen and oxygen atoms in total. The fraction of sp³-hybridized carbons (Fsp3) is 0.667. The average Bonchev–Trinajstić information content (AvgIpc) is 2.64. The standard InChI is InChI=1S/C21H28F3NO2/c1-14-7-8-15(2)19(13-14)27-16-9-11-25(12-10-16)20(26)17-5-3-4-6-18(17)21(22,23)24/h7-8,13,16-18H,3-6,9-12H2,1-2H3. The highest BCUT2D eigenvalue weighted by Crippen LogP contribution is 2.42. The molecule has 1 aliphatic carbocycles. The van der Waals surface area contributed by atoms with E-state index in [4.69, 9.17) is 4.74 Å². The topological polar surface area (TPSA) is 29.5 Å². The minimum absolute atomic E-state index is 0.000631. The van der Waals surface area contributed by atoms with Crippen LogP contribution in [-0.4, -0.2) is 36.2 Å². The lowest BCUT2D eigenvalue weighted by Crippen LogP contribution is -2.48. The molecule has 27 heavy (non-hydrogen) atoms. The third kappa shape index (κ3) is 4.77. The van der Waals surface area contributed by atoms with Crippen LogP contribution in [0.25, 0.3) is 0 Å². The van der Waals surface area contributed by atoms with Crippen LogP contribution in [0.3, 0.4) is 0 Å². The minimum atomic E-state index is -4.29. The molecule has 2 atom stereocenters. The Morgan fingerprint density at radius 3 is 2.41 bits per heavy atom. The van der Waals surface area contributed by atoms with Crippen LogP contribution in [0.1, 0.15) is 49.7 Å². The molecule has 1 aliphatic heterocycles. The Morgan fingerprint density at radius 2 is 1.74 bits per heavy atom. The Morgan fingerprint density at radius 1 is 1.07 bits per heavy atom. The number of benzene rings is 1. The normalized spacial score (nSPS) is 24.7. The second-order valence-corrected chi connectivity index (χ2v) is 7.95. The lowest BCUT2D eigenvalue weighted by molar-refractivity contribution is -0.201. The number of likely N-dealkylation sites (tertiary alicyclic amines) is 1. The maximum Gasteiger partial charge on any atom is 0.392 e. The summed E-state index contributed by atoms with van der Waals surface area (Å²) in [6.45, 7) is 4.94. The van der Waals surface area contributed by atoms with Crippen molar-refractivity contribution in [3.8, 4) is 5.75 Å². The molecule has 1 amide bonds. The maximum absolute atomic E-state index is 13.3. The van der Waals surface area contributed by atoms with Crippen LogP contribution in [-0.2, 0) is 4.79 Å². The van der Waals surface area contributed by atoms with Crippen molar-refractivity contribution >= 4 is 5.91 Å². The SMILES string of the molecule is Cc1ccc(C)c(OC2CCN(C(=O)C3CCCCC3C(F)(F)F)CC2)c1. The van der Waals surface area contributed by atoms with Crippen molar-refractivity contribution in [2.45, 2.75) is 64.7 Å². The molecule has 0 radical (unpaired) electrons. The summed E-state index contributed by atoms with van der Waals surface area (Å²) in [4.78, 5) is 14.4. The van der Waals surface area contributed by atoms with E-state index in [0.717, 1.165) is 16.9 Å². The van der Waals surface area contributed by atoms with E-state index >= 15 is 0 Å². The number of aryl methyl sites for hydroxylation is 2. The summed E-state index contributed by atoms with van der Waals surface area (Å²) in [5.41, 5.74) is 2.19. The summed E-state index contributed by atoms with van der Waals surface area (Å²) >= 11 is 0. The van der Waals surface area contributed by atoms with E-state index in [1.807, 2.05) is 32.0 Å². The summed E-state index contributed by atoms with van der Waals surface area (Å²) < 4.78 is 46.0. The van der Waals surface area contributed by atoms with Gasteiger partial charge in [0.15, 0.2) is 0 Å². The van der Waals surface area contributed by atoms with Gasteiger partial charge < -0.3 is 9.64 Å². The number of hydrogen-bond acceptors (Lipinski definition) is 2. The van der Waals surface area contributed by atoms with Crippen molar-refractivity contribution < 1.29 is 22.7 Å². The molecule has 0 bridgehead atoms. The lowest BCUT2D eigenvalue weighted by atomic mass is 9.77. The van der Waals surface area contributed by atoms with Crippen molar-refractivity contribution in [2.75, 3.05) is 13.1 Å². The Kier molecular flexibility index (Phi) is 6.02. The largest absolute Gasteiger partial charge is 0.490 e. The number of halogens is 3. The van der Waals surface area contributed by atoms with Crippen molar-refractivity contribution in [1.29, 1.82) is 0 Å². The molecule has 1 aromatic rings. The highest BCUT2D eigenvalue weighted by atomic mass is 19.4. The van der Waals surface area contributed by atoms with Crippen molar-refractivity contribution in [1.82, 2.24) is 4.90 Å². The first-order valence-electron chi connectivity index (χ1n) is 9.85. The molecule has 2 unspecified atom stereocenters. The zero-order valence-corrected chi connectivity index (χ0v) is 16.0. The average molecular weight is 383 g/mol. The van der Waals surface area contributed by atoms with Gasteiger partial charge >= 0.3 is 6.18 Å². The van der Waals surface area contributed by atoms with E-state index in [0.29, 0.717) is 45.2 Å². The summed E-state index contributed by atoms with van der Waals surface area (Å²) in [5.74, 6) is -1.86. The molecule has 1 saturated heterocycles. The molecular formula is C21H28F3NO2. The molecule has 1 saturated carbocycles. The molecule has 2 aliphatic rings. The maximum atomic E-state index is 13.3. The van der Waals surface area contributed by atoms with Crippen LogP contribution in [0.4, 0.5) is 13.2 Å². The van der Waals surface area contributed by atoms with Crippen molar-refractivity contribution in [2.24, 2.45) is 11.8 Å². The van der Waals surface area contributed by atoms with E-state index in [9.17, 15) is 18.0 Å². The first-order chi connectivity index (χ1) is 12.8. The third-order valence-electron chi connectivity index (χ3n) is 5.89. The zero-order chi connectivity index (χ0) is 19.6. The second kappa shape index (κ2) is 8.11. The predicted octanol–water partition coefficient (Wildman–Crippen LogP) is 5.04. The van der Waals surface area contributed by atoms with Gasteiger partial charge in [-0.2, -0.15) is 13.2 Å². The fourth-order valence-corrected chi connectivity index (χ4v) is 4.26. The number of rotatable bonds is 3. The Bertz CT molecular complexity index is 666. The first-order valence-corrected chi connectivity index (χ1v) is 9.85. The van der Waals surface area contributed by atoms with Crippen LogP contribution in [0.5, 0.6) is 5.75 Å². The predicted molar refractivity (Wildman–Crippen MR) is 97.6 cm³/mol. The smallest absolute Gasteiger partial charge is 0.392 e. The molecular weight excluding hydrogens is 355 g/mol. The van der Waals surface area contributed by atoms with Gasteiger partial charge in [-0.25, -0.2) is 0 Å². The molecule has 6 heteroatoms. The number of carbonyl (C=O) groups excluding carboxylic acids is 1. The van der Waals surface area contributed by atoms with Gasteiger partial charge in [-0.05, 0) is 43.9 Å². The Balaban J connectivity index is 1.58. The molecule has 3 rings (SSSR count). The van der Waals surface area contributed by atoms with Crippen LogP contribution in [0.2, 0.25) is 0 Å². The molecule has 0 N–H and O–H groups in total. The molecule has 0 spiro atoms. The van der Waals surface area contributed by atoms with Gasteiger partial charge in [0.25, 0.3) is 0 Å². The fourth-order valence-electron chi connectivity index (χ4n) is 4.26. The second-order valence-electron chi connectivity index (χ2n) is 7.95. The van der Waals surface area contributed by atoms with Crippen molar-refractivity contribution in [3.05, 3.63) is 29.3 Å². The highest BCUT2D eigenvalue weighted by molar-refractivity contribution is 5.79. The summed E-state index contributed by atoms with van der Waals surface area (Å²) in [6, 6.07) is 6.05. The minimum Gasteiger partial charge on any atom is -0.490 e. The monoisotopic (exact) mass is 383 g/mol. The van der Waals surface area contributed by atoms with Gasteiger partial charge in [0.1, 0.15) is 11.9 Å². The van der Waals surface area contributed by atoms with Crippen LogP contribution < -0.4 is 4.74 Å². The molecule has 0 aromatic heterocycles. The van der Waals surface area contributed by atoms with Gasteiger partial charge in [-0.1, -0.05) is 25.0 Å². The number of ether oxygens (including phenoxy) is 1. The highest BCUT2D eigenvalue weighted by Gasteiger charge is 2.49. The lowest BCUT2D eigenvalue weighted by Gasteiger charge is -2.38.